The van der Waals surface area contributed by atoms with Crippen LogP contribution in [-0.4, -0.2) is 34.1 Å². The molecule has 0 radical (unpaired) electrons. The molecule has 2 N–H and O–H groups in total. The average molecular weight is 239 g/mol. The van der Waals surface area contributed by atoms with Crippen molar-refractivity contribution >= 4 is 17.3 Å². The first-order chi connectivity index (χ1) is 7.70. The van der Waals surface area contributed by atoms with E-state index >= 15 is 0 Å². The van der Waals surface area contributed by atoms with Gasteiger partial charge in [-0.2, -0.15) is 0 Å². The summed E-state index contributed by atoms with van der Waals surface area (Å²) in [7, 11) is 1.99. The van der Waals surface area contributed by atoms with Crippen LogP contribution < -0.4 is 5.73 Å². The van der Waals surface area contributed by atoms with Crippen LogP contribution >= 0.6 is 11.3 Å². The second kappa shape index (κ2) is 4.78. The maximum Gasteiger partial charge on any atom is 0.191 e. The molecule has 0 aromatic carbocycles. The summed E-state index contributed by atoms with van der Waals surface area (Å²) in [5.41, 5.74) is 5.88. The molecule has 0 spiro atoms. The number of hydrogen-bond acceptors (Lipinski definition) is 4. The first-order valence-electron chi connectivity index (χ1n) is 5.54. The van der Waals surface area contributed by atoms with Crippen molar-refractivity contribution in [1.29, 1.82) is 0 Å². The standard InChI is InChI=1S/C10H17N5S/c1-3-8-13-14-9(16-8)6-12-10(11)15(2)7-4-5-7/h7H,3-6H2,1-2H3,(H2,11,12). The van der Waals surface area contributed by atoms with E-state index in [9.17, 15) is 0 Å². The summed E-state index contributed by atoms with van der Waals surface area (Å²) in [4.78, 5) is 6.37. The van der Waals surface area contributed by atoms with Crippen molar-refractivity contribution in [2.45, 2.75) is 38.8 Å². The van der Waals surface area contributed by atoms with Gasteiger partial charge >= 0.3 is 0 Å². The van der Waals surface area contributed by atoms with E-state index in [0.717, 1.165) is 16.4 Å². The largest absolute Gasteiger partial charge is 0.370 e. The highest BCUT2D eigenvalue weighted by Crippen LogP contribution is 2.25. The van der Waals surface area contributed by atoms with Crippen molar-refractivity contribution in [3.8, 4) is 0 Å². The Hall–Kier alpha value is -1.17. The molecule has 5 nitrogen and oxygen atoms in total. The summed E-state index contributed by atoms with van der Waals surface area (Å²) >= 11 is 1.61. The van der Waals surface area contributed by atoms with Gasteiger partial charge in [0.15, 0.2) is 5.96 Å². The molecule has 1 saturated carbocycles. The second-order valence-electron chi connectivity index (χ2n) is 3.96. The van der Waals surface area contributed by atoms with Gasteiger partial charge in [-0.05, 0) is 19.3 Å². The van der Waals surface area contributed by atoms with Crippen molar-refractivity contribution in [1.82, 2.24) is 15.1 Å². The van der Waals surface area contributed by atoms with Crippen molar-refractivity contribution in [3.63, 3.8) is 0 Å². The summed E-state index contributed by atoms with van der Waals surface area (Å²) in [5.74, 6) is 0.607. The molecule has 16 heavy (non-hydrogen) atoms. The lowest BCUT2D eigenvalue weighted by atomic mass is 10.5. The average Bonchev–Trinajstić information content (AvgIpc) is 3.04. The molecule has 0 unspecified atom stereocenters. The van der Waals surface area contributed by atoms with Crippen LogP contribution in [0.2, 0.25) is 0 Å². The first kappa shape index (κ1) is 11.3. The number of nitrogens with zero attached hydrogens (tertiary/aromatic N) is 4. The minimum absolute atomic E-state index is 0.542. The molecule has 1 heterocycles. The Kier molecular flexibility index (Phi) is 3.38. The third-order valence-corrected chi connectivity index (χ3v) is 3.70. The number of nitrogens with two attached hydrogens (primary N) is 1. The molecule has 0 saturated heterocycles. The Balaban J connectivity index is 1.91. The van der Waals surface area contributed by atoms with Crippen LogP contribution in [0.3, 0.4) is 0 Å². The van der Waals surface area contributed by atoms with Gasteiger partial charge in [0, 0.05) is 13.1 Å². The van der Waals surface area contributed by atoms with E-state index in [2.05, 4.69) is 22.1 Å². The molecule has 0 atom stereocenters. The summed E-state index contributed by atoms with van der Waals surface area (Å²) in [6.07, 6.45) is 3.38. The van der Waals surface area contributed by atoms with Gasteiger partial charge in [0.1, 0.15) is 10.0 Å². The van der Waals surface area contributed by atoms with Crippen molar-refractivity contribution in [2.75, 3.05) is 7.05 Å². The maximum atomic E-state index is 5.88. The normalized spacial score (nSPS) is 16.5. The predicted molar refractivity (Wildman–Crippen MR) is 65.4 cm³/mol. The van der Waals surface area contributed by atoms with Crippen LogP contribution in [0.5, 0.6) is 0 Å². The molecular weight excluding hydrogens is 222 g/mol. The zero-order valence-electron chi connectivity index (χ0n) is 9.68. The van der Waals surface area contributed by atoms with Crippen LogP contribution in [0.25, 0.3) is 0 Å². The van der Waals surface area contributed by atoms with Crippen molar-refractivity contribution < 1.29 is 0 Å². The number of hydrogen-bond donors (Lipinski definition) is 1. The third kappa shape index (κ3) is 2.69. The first-order valence-corrected chi connectivity index (χ1v) is 6.36. The van der Waals surface area contributed by atoms with Crippen molar-refractivity contribution in [2.24, 2.45) is 10.7 Å². The summed E-state index contributed by atoms with van der Waals surface area (Å²) in [6, 6.07) is 0.601. The zero-order chi connectivity index (χ0) is 11.5. The highest BCUT2D eigenvalue weighted by atomic mass is 32.1. The monoisotopic (exact) mass is 239 g/mol. The molecule has 0 amide bonds. The fourth-order valence-corrected chi connectivity index (χ4v) is 2.11. The summed E-state index contributed by atoms with van der Waals surface area (Å²) < 4.78 is 0. The van der Waals surface area contributed by atoms with Gasteiger partial charge in [0.05, 0.1) is 6.54 Å². The van der Waals surface area contributed by atoms with E-state index in [-0.39, 0.29) is 0 Å². The van der Waals surface area contributed by atoms with Gasteiger partial charge < -0.3 is 10.6 Å². The Morgan fingerprint density at radius 1 is 1.50 bits per heavy atom. The van der Waals surface area contributed by atoms with Crippen LogP contribution in [0.15, 0.2) is 4.99 Å². The Morgan fingerprint density at radius 3 is 2.75 bits per heavy atom. The van der Waals surface area contributed by atoms with E-state index in [0.29, 0.717) is 18.5 Å². The molecule has 2 rings (SSSR count). The van der Waals surface area contributed by atoms with Gasteiger partial charge in [0.25, 0.3) is 0 Å². The SMILES string of the molecule is CCc1nnc(CN=C(N)N(C)C2CC2)s1. The zero-order valence-corrected chi connectivity index (χ0v) is 10.5. The van der Waals surface area contributed by atoms with E-state index < -0.39 is 0 Å². The van der Waals surface area contributed by atoms with Gasteiger partial charge in [-0.3, -0.25) is 0 Å². The molecule has 88 valence electrons. The molecule has 1 aromatic rings. The van der Waals surface area contributed by atoms with Crippen LogP contribution in [0.1, 0.15) is 29.8 Å². The summed E-state index contributed by atoms with van der Waals surface area (Å²) in [6.45, 7) is 2.61. The molecule has 0 aliphatic heterocycles. The van der Waals surface area contributed by atoms with E-state index in [4.69, 9.17) is 5.73 Å². The second-order valence-corrected chi connectivity index (χ2v) is 5.11. The highest BCUT2D eigenvalue weighted by molar-refractivity contribution is 7.11. The number of aromatic nitrogens is 2. The molecule has 1 aliphatic carbocycles. The Labute approximate surface area is 99.4 Å². The lowest BCUT2D eigenvalue weighted by Crippen LogP contribution is -2.35. The molecule has 6 heteroatoms. The fraction of sp³-hybridized carbons (Fsp3) is 0.700. The molecular formula is C10H17N5S. The van der Waals surface area contributed by atoms with Gasteiger partial charge in [0.2, 0.25) is 0 Å². The molecule has 0 bridgehead atoms. The number of rotatable bonds is 4. The number of guanidine groups is 1. The molecule has 1 fully saturated rings. The maximum absolute atomic E-state index is 5.88. The minimum Gasteiger partial charge on any atom is -0.370 e. The van der Waals surface area contributed by atoms with Crippen LogP contribution in [0.4, 0.5) is 0 Å². The topological polar surface area (TPSA) is 67.4 Å². The fourth-order valence-electron chi connectivity index (χ4n) is 1.40. The van der Waals surface area contributed by atoms with E-state index in [1.165, 1.54) is 12.8 Å². The smallest absolute Gasteiger partial charge is 0.191 e. The van der Waals surface area contributed by atoms with E-state index in [1.54, 1.807) is 11.3 Å². The van der Waals surface area contributed by atoms with E-state index in [1.807, 2.05) is 11.9 Å². The lowest BCUT2D eigenvalue weighted by molar-refractivity contribution is 0.487. The minimum atomic E-state index is 0.542. The molecule has 1 aromatic heterocycles. The number of aryl methyl sites for hydroxylation is 1. The lowest BCUT2D eigenvalue weighted by Gasteiger charge is -2.16. The quantitative estimate of drug-likeness (QED) is 0.629. The summed E-state index contributed by atoms with van der Waals surface area (Å²) in [5, 5.41) is 10.1. The van der Waals surface area contributed by atoms with Gasteiger partial charge in [-0.1, -0.05) is 18.3 Å². The Bertz CT molecular complexity index is 382. The van der Waals surface area contributed by atoms with Gasteiger partial charge in [-0.15, -0.1) is 10.2 Å². The third-order valence-electron chi connectivity index (χ3n) is 2.64. The highest BCUT2D eigenvalue weighted by Gasteiger charge is 2.27. The van der Waals surface area contributed by atoms with Gasteiger partial charge in [-0.25, -0.2) is 4.99 Å². The Morgan fingerprint density at radius 2 is 2.19 bits per heavy atom. The van der Waals surface area contributed by atoms with Crippen molar-refractivity contribution in [3.05, 3.63) is 10.0 Å². The van der Waals surface area contributed by atoms with Crippen LogP contribution in [0, 0.1) is 0 Å². The molecule has 1 aliphatic rings. The predicted octanol–water partition coefficient (Wildman–Crippen LogP) is 1.01. The van der Waals surface area contributed by atoms with Crippen LogP contribution in [-0.2, 0) is 13.0 Å². The number of aliphatic imine (C=N–C) groups is 1.